The van der Waals surface area contributed by atoms with Gasteiger partial charge in [-0.2, -0.15) is 0 Å². The summed E-state index contributed by atoms with van der Waals surface area (Å²) in [4.78, 5) is 7.06. The molecule has 0 spiro atoms. The first-order chi connectivity index (χ1) is 8.72. The second-order valence-electron chi connectivity index (χ2n) is 5.37. The fraction of sp³-hybridized carbons (Fsp3) is 0.667. The lowest BCUT2D eigenvalue weighted by molar-refractivity contribution is 0.549. The SMILES string of the molecule is Cc1nc(N(C)C2CCCCCC2)ccc1CN. The number of pyridine rings is 1. The van der Waals surface area contributed by atoms with Crippen molar-refractivity contribution in [3.8, 4) is 0 Å². The number of hydrogen-bond donors (Lipinski definition) is 1. The van der Waals surface area contributed by atoms with Gasteiger partial charge in [0.05, 0.1) is 0 Å². The highest BCUT2D eigenvalue weighted by molar-refractivity contribution is 5.42. The van der Waals surface area contributed by atoms with Crippen LogP contribution in [0.4, 0.5) is 5.82 Å². The summed E-state index contributed by atoms with van der Waals surface area (Å²) in [6, 6.07) is 4.88. The lowest BCUT2D eigenvalue weighted by atomic mass is 10.1. The van der Waals surface area contributed by atoms with Gasteiger partial charge in [-0.05, 0) is 31.4 Å². The lowest BCUT2D eigenvalue weighted by Crippen LogP contribution is -2.31. The highest BCUT2D eigenvalue weighted by Crippen LogP contribution is 2.24. The molecule has 0 unspecified atom stereocenters. The molecule has 3 heteroatoms. The maximum absolute atomic E-state index is 5.69. The molecule has 1 heterocycles. The molecule has 1 aliphatic carbocycles. The van der Waals surface area contributed by atoms with E-state index in [9.17, 15) is 0 Å². The number of anilines is 1. The molecule has 0 aromatic carbocycles. The van der Waals surface area contributed by atoms with Crippen molar-refractivity contribution < 1.29 is 0 Å². The molecule has 0 saturated heterocycles. The predicted octanol–water partition coefficient (Wildman–Crippen LogP) is 3.01. The van der Waals surface area contributed by atoms with E-state index in [1.807, 2.05) is 6.92 Å². The third-order valence-corrected chi connectivity index (χ3v) is 4.13. The highest BCUT2D eigenvalue weighted by Gasteiger charge is 2.18. The van der Waals surface area contributed by atoms with E-state index in [0.717, 1.165) is 17.1 Å². The summed E-state index contributed by atoms with van der Waals surface area (Å²) >= 11 is 0. The highest BCUT2D eigenvalue weighted by atomic mass is 15.2. The number of nitrogens with two attached hydrogens (primary N) is 1. The summed E-state index contributed by atoms with van der Waals surface area (Å²) in [6.07, 6.45) is 8.10. The van der Waals surface area contributed by atoms with Crippen molar-refractivity contribution in [2.24, 2.45) is 5.73 Å². The Morgan fingerprint density at radius 3 is 2.44 bits per heavy atom. The van der Waals surface area contributed by atoms with E-state index in [1.54, 1.807) is 0 Å². The van der Waals surface area contributed by atoms with Crippen LogP contribution >= 0.6 is 0 Å². The fourth-order valence-corrected chi connectivity index (χ4v) is 2.82. The van der Waals surface area contributed by atoms with Crippen LogP contribution in [0.1, 0.15) is 49.8 Å². The van der Waals surface area contributed by atoms with Crippen molar-refractivity contribution in [3.05, 3.63) is 23.4 Å². The van der Waals surface area contributed by atoms with E-state index >= 15 is 0 Å². The van der Waals surface area contributed by atoms with Gasteiger partial charge in [0.1, 0.15) is 5.82 Å². The van der Waals surface area contributed by atoms with E-state index in [4.69, 9.17) is 10.7 Å². The summed E-state index contributed by atoms with van der Waals surface area (Å²) in [6.45, 7) is 2.62. The molecule has 2 rings (SSSR count). The Kier molecular flexibility index (Phi) is 4.59. The topological polar surface area (TPSA) is 42.2 Å². The zero-order valence-corrected chi connectivity index (χ0v) is 11.7. The molecule has 1 saturated carbocycles. The van der Waals surface area contributed by atoms with Crippen LogP contribution in [0.5, 0.6) is 0 Å². The Morgan fingerprint density at radius 2 is 1.89 bits per heavy atom. The molecule has 3 nitrogen and oxygen atoms in total. The van der Waals surface area contributed by atoms with Crippen molar-refractivity contribution in [3.63, 3.8) is 0 Å². The largest absolute Gasteiger partial charge is 0.357 e. The second-order valence-corrected chi connectivity index (χ2v) is 5.37. The van der Waals surface area contributed by atoms with Crippen molar-refractivity contribution in [1.29, 1.82) is 0 Å². The number of rotatable bonds is 3. The zero-order valence-electron chi connectivity index (χ0n) is 11.7. The van der Waals surface area contributed by atoms with Gasteiger partial charge < -0.3 is 10.6 Å². The van der Waals surface area contributed by atoms with E-state index in [0.29, 0.717) is 12.6 Å². The second kappa shape index (κ2) is 6.19. The first-order valence-corrected chi connectivity index (χ1v) is 7.12. The third-order valence-electron chi connectivity index (χ3n) is 4.13. The summed E-state index contributed by atoms with van der Waals surface area (Å²) in [7, 11) is 2.18. The minimum Gasteiger partial charge on any atom is -0.357 e. The van der Waals surface area contributed by atoms with Crippen LogP contribution in [0.2, 0.25) is 0 Å². The Morgan fingerprint density at radius 1 is 1.22 bits per heavy atom. The molecule has 1 aliphatic rings. The normalized spacial score (nSPS) is 17.5. The maximum Gasteiger partial charge on any atom is 0.128 e. The van der Waals surface area contributed by atoms with Crippen LogP contribution < -0.4 is 10.6 Å². The molecular weight excluding hydrogens is 222 g/mol. The number of hydrogen-bond acceptors (Lipinski definition) is 3. The van der Waals surface area contributed by atoms with Crippen LogP contribution in [0, 0.1) is 6.92 Å². The first-order valence-electron chi connectivity index (χ1n) is 7.12. The van der Waals surface area contributed by atoms with E-state index in [1.165, 1.54) is 38.5 Å². The monoisotopic (exact) mass is 247 g/mol. The lowest BCUT2D eigenvalue weighted by Gasteiger charge is -2.28. The van der Waals surface area contributed by atoms with Crippen molar-refractivity contribution in [2.75, 3.05) is 11.9 Å². The van der Waals surface area contributed by atoms with Gasteiger partial charge in [0.25, 0.3) is 0 Å². The van der Waals surface area contributed by atoms with Crippen LogP contribution in [0.15, 0.2) is 12.1 Å². The predicted molar refractivity (Wildman–Crippen MR) is 76.8 cm³/mol. The van der Waals surface area contributed by atoms with E-state index < -0.39 is 0 Å². The molecule has 18 heavy (non-hydrogen) atoms. The van der Waals surface area contributed by atoms with Crippen molar-refractivity contribution in [1.82, 2.24) is 4.98 Å². The van der Waals surface area contributed by atoms with Gasteiger partial charge in [0, 0.05) is 25.3 Å². The Bertz CT molecular complexity index is 381. The van der Waals surface area contributed by atoms with Gasteiger partial charge in [-0.15, -0.1) is 0 Å². The summed E-state index contributed by atoms with van der Waals surface area (Å²) < 4.78 is 0. The average Bonchev–Trinajstić information content (AvgIpc) is 2.66. The molecule has 1 fully saturated rings. The minimum atomic E-state index is 0.576. The molecule has 0 bridgehead atoms. The smallest absolute Gasteiger partial charge is 0.128 e. The summed E-state index contributed by atoms with van der Waals surface area (Å²) in [5.74, 6) is 1.09. The molecule has 0 radical (unpaired) electrons. The minimum absolute atomic E-state index is 0.576. The molecule has 1 aromatic heterocycles. The van der Waals surface area contributed by atoms with Crippen LogP contribution in [0.3, 0.4) is 0 Å². The fourth-order valence-electron chi connectivity index (χ4n) is 2.82. The Hall–Kier alpha value is -1.09. The summed E-state index contributed by atoms with van der Waals surface area (Å²) in [5.41, 5.74) is 7.90. The Labute approximate surface area is 110 Å². The van der Waals surface area contributed by atoms with Crippen LogP contribution in [-0.4, -0.2) is 18.1 Å². The van der Waals surface area contributed by atoms with Gasteiger partial charge in [-0.1, -0.05) is 31.7 Å². The molecule has 0 aliphatic heterocycles. The van der Waals surface area contributed by atoms with Gasteiger partial charge in [-0.3, -0.25) is 0 Å². The first kappa shape index (κ1) is 13.3. The quantitative estimate of drug-likeness (QED) is 0.835. The van der Waals surface area contributed by atoms with Crippen molar-refractivity contribution in [2.45, 2.75) is 58.0 Å². The zero-order chi connectivity index (χ0) is 13.0. The van der Waals surface area contributed by atoms with Gasteiger partial charge in [0.15, 0.2) is 0 Å². The third kappa shape index (κ3) is 3.02. The standard InChI is InChI=1S/C15H25N3/c1-12-13(11-16)9-10-15(17-12)18(2)14-7-5-3-4-6-8-14/h9-10,14H,3-8,11,16H2,1-2H3. The molecule has 100 valence electrons. The van der Waals surface area contributed by atoms with Gasteiger partial charge in [0.2, 0.25) is 0 Å². The van der Waals surface area contributed by atoms with Crippen molar-refractivity contribution >= 4 is 5.82 Å². The summed E-state index contributed by atoms with van der Waals surface area (Å²) in [5, 5.41) is 0. The average molecular weight is 247 g/mol. The van der Waals surface area contributed by atoms with E-state index in [2.05, 4.69) is 24.1 Å². The van der Waals surface area contributed by atoms with Gasteiger partial charge in [-0.25, -0.2) is 4.98 Å². The molecular formula is C15H25N3. The molecule has 2 N–H and O–H groups in total. The Balaban J connectivity index is 2.11. The van der Waals surface area contributed by atoms with E-state index in [-0.39, 0.29) is 0 Å². The van der Waals surface area contributed by atoms with Crippen LogP contribution in [0.25, 0.3) is 0 Å². The van der Waals surface area contributed by atoms with Gasteiger partial charge >= 0.3 is 0 Å². The molecule has 0 atom stereocenters. The number of nitrogens with zero attached hydrogens (tertiary/aromatic N) is 2. The number of aromatic nitrogens is 1. The number of aryl methyl sites for hydroxylation is 1. The maximum atomic E-state index is 5.69. The van der Waals surface area contributed by atoms with Crippen LogP contribution in [-0.2, 0) is 6.54 Å². The molecule has 0 amide bonds. The molecule has 1 aromatic rings.